The lowest BCUT2D eigenvalue weighted by molar-refractivity contribution is -0.179. The van der Waals surface area contributed by atoms with Crippen molar-refractivity contribution < 1.29 is 44.7 Å². The van der Waals surface area contributed by atoms with Gasteiger partial charge < -0.3 is 25.5 Å². The molecule has 0 radical (unpaired) electrons. The summed E-state index contributed by atoms with van der Waals surface area (Å²) in [7, 11) is 0. The molecule has 6 fully saturated rings. The van der Waals surface area contributed by atoms with Crippen LogP contribution in [0, 0.1) is 57.2 Å². The van der Waals surface area contributed by atoms with Crippen LogP contribution in [-0.2, 0) is 19.2 Å². The Morgan fingerprint density at radius 1 is 0.750 bits per heavy atom. The molecule has 286 valence electrons. The smallest absolute Gasteiger partial charge is 0.190 e. The van der Waals surface area contributed by atoms with Crippen molar-refractivity contribution in [3.05, 3.63) is 35.5 Å². The Balaban J connectivity index is 0.000000162. The molecule has 0 aromatic rings. The summed E-state index contributed by atoms with van der Waals surface area (Å²) < 4.78 is 0. The summed E-state index contributed by atoms with van der Waals surface area (Å²) in [5.74, 6) is 0.456. The number of aliphatic hydroxyl groups excluding tert-OH is 3. The van der Waals surface area contributed by atoms with Gasteiger partial charge in [0.05, 0.1) is 18.0 Å². The first-order chi connectivity index (χ1) is 24.3. The highest BCUT2D eigenvalue weighted by Gasteiger charge is 2.69. The van der Waals surface area contributed by atoms with Crippen LogP contribution in [0.3, 0.4) is 0 Å². The molecule has 8 aliphatic rings. The molecule has 0 aromatic heterocycles. The molecule has 0 saturated heterocycles. The van der Waals surface area contributed by atoms with Gasteiger partial charge in [-0.2, -0.15) is 12.6 Å². The van der Waals surface area contributed by atoms with Crippen LogP contribution in [-0.4, -0.2) is 84.4 Å². The lowest BCUT2D eigenvalue weighted by Gasteiger charge is -2.60. The Morgan fingerprint density at radius 3 is 1.87 bits per heavy atom. The van der Waals surface area contributed by atoms with Crippen LogP contribution in [0.25, 0.3) is 0 Å². The molecule has 0 bridgehead atoms. The van der Waals surface area contributed by atoms with Gasteiger partial charge in [0.25, 0.3) is 0 Å². The lowest BCUT2D eigenvalue weighted by Crippen LogP contribution is -2.61. The molecular weight excluding hydrogens is 681 g/mol. The third-order valence-electron chi connectivity index (χ3n) is 16.9. The van der Waals surface area contributed by atoms with E-state index in [2.05, 4.69) is 26.5 Å². The normalized spacial score (nSPS) is 50.2. The zero-order valence-corrected chi connectivity index (χ0v) is 32.0. The second kappa shape index (κ2) is 12.8. The van der Waals surface area contributed by atoms with Gasteiger partial charge in [-0.1, -0.05) is 44.9 Å². The molecule has 10 heteroatoms. The summed E-state index contributed by atoms with van der Waals surface area (Å²) >= 11 is 4.13. The topological polar surface area (TPSA) is 169 Å². The predicted molar refractivity (Wildman–Crippen MR) is 197 cm³/mol. The van der Waals surface area contributed by atoms with Gasteiger partial charge in [0, 0.05) is 28.6 Å². The molecule has 0 amide bonds. The minimum absolute atomic E-state index is 0.00912. The molecule has 0 unspecified atom stereocenters. The Bertz CT molecular complexity index is 1640. The second-order valence-electron chi connectivity index (χ2n) is 18.7. The number of Topliss-reactive ketones (excluding diaryl/α,β-unsaturated/α-hetero) is 2. The number of thiol groups is 1. The van der Waals surface area contributed by atoms with E-state index < -0.39 is 46.6 Å². The summed E-state index contributed by atoms with van der Waals surface area (Å²) in [6.45, 7) is 7.56. The number of aliphatic hydroxyl groups is 5. The zero-order chi connectivity index (χ0) is 37.8. The molecule has 6 saturated carbocycles. The summed E-state index contributed by atoms with van der Waals surface area (Å²) in [4.78, 5) is 48.6. The van der Waals surface area contributed by atoms with Crippen LogP contribution in [0.2, 0.25) is 0 Å². The monoisotopic (exact) mass is 738 g/mol. The first-order valence-corrected chi connectivity index (χ1v) is 20.3. The maximum Gasteiger partial charge on any atom is 0.190 e. The third kappa shape index (κ3) is 5.13. The molecule has 0 spiro atoms. The van der Waals surface area contributed by atoms with E-state index in [0.717, 1.165) is 50.5 Å². The number of hydrogen-bond acceptors (Lipinski definition) is 10. The van der Waals surface area contributed by atoms with E-state index in [9.17, 15) is 44.7 Å². The standard InChI is InChI=1S/C21H28O5.C21H30O4S/c1-19-7-5-13(23)9-12(19)3-4-14-15-6-8-21(26,17(25)11-22)20(15,2)10-16(24)18(14)19;1-19-7-5-13(22)9-12(19)3-4-14-15-6-8-21(25,17(24)11-26)20(15,2)10-16(23)18(14)19/h5,7,9,14-16,18,22,24,26H,3-4,6,8,10-11H2,1-2H3;9,14-16,18,23,25-26H,3-8,10-11H2,1-2H3/t2*14-,15-,16-,18+,19-,20-,21-/m00/s1. The van der Waals surface area contributed by atoms with Crippen molar-refractivity contribution >= 4 is 35.8 Å². The number of allylic oxidation sites excluding steroid dienone is 5. The Hall–Kier alpha value is -1.95. The van der Waals surface area contributed by atoms with E-state index in [1.165, 1.54) is 5.57 Å². The molecule has 8 rings (SSSR count). The Morgan fingerprint density at radius 2 is 1.29 bits per heavy atom. The molecular formula is C42H58O9S. The second-order valence-corrected chi connectivity index (χ2v) is 19.1. The van der Waals surface area contributed by atoms with Gasteiger partial charge >= 0.3 is 0 Å². The highest BCUT2D eigenvalue weighted by molar-refractivity contribution is 7.81. The zero-order valence-electron chi connectivity index (χ0n) is 31.1. The average molecular weight is 739 g/mol. The summed E-state index contributed by atoms with van der Waals surface area (Å²) in [6, 6.07) is 0. The molecule has 0 aromatic carbocycles. The number of rotatable bonds is 4. The molecule has 5 N–H and O–H groups in total. The van der Waals surface area contributed by atoms with E-state index in [-0.39, 0.29) is 63.5 Å². The van der Waals surface area contributed by atoms with Gasteiger partial charge in [-0.25, -0.2) is 0 Å². The van der Waals surface area contributed by atoms with Crippen molar-refractivity contribution in [1.29, 1.82) is 0 Å². The summed E-state index contributed by atoms with van der Waals surface area (Å²) in [5, 5.41) is 54.2. The van der Waals surface area contributed by atoms with Crippen LogP contribution >= 0.6 is 12.6 Å². The minimum atomic E-state index is -1.56. The number of carbonyl (C=O) groups is 4. The van der Waals surface area contributed by atoms with Gasteiger partial charge in [-0.3, -0.25) is 19.2 Å². The van der Waals surface area contributed by atoms with Crippen molar-refractivity contribution in [2.75, 3.05) is 12.4 Å². The van der Waals surface area contributed by atoms with Gasteiger partial charge in [-0.05, 0) is 124 Å². The molecule has 14 atom stereocenters. The average Bonchev–Trinajstić information content (AvgIpc) is 3.53. The van der Waals surface area contributed by atoms with Crippen molar-refractivity contribution in [3.63, 3.8) is 0 Å². The van der Waals surface area contributed by atoms with Gasteiger partial charge in [0.15, 0.2) is 23.1 Å². The molecule has 9 nitrogen and oxygen atoms in total. The molecule has 52 heavy (non-hydrogen) atoms. The lowest BCUT2D eigenvalue weighted by atomic mass is 9.45. The van der Waals surface area contributed by atoms with E-state index in [1.54, 1.807) is 12.2 Å². The van der Waals surface area contributed by atoms with E-state index in [0.29, 0.717) is 38.0 Å². The van der Waals surface area contributed by atoms with E-state index >= 15 is 0 Å². The maximum absolute atomic E-state index is 12.5. The third-order valence-corrected chi connectivity index (χ3v) is 17.2. The number of hydrogen-bond donors (Lipinski definition) is 6. The number of carbonyl (C=O) groups excluding carboxylic acids is 4. The number of fused-ring (bicyclic) bond motifs is 10. The Labute approximate surface area is 312 Å². The summed E-state index contributed by atoms with van der Waals surface area (Å²) in [5.41, 5.74) is -2.43. The van der Waals surface area contributed by atoms with Crippen LogP contribution in [0.5, 0.6) is 0 Å². The fourth-order valence-corrected chi connectivity index (χ4v) is 14.5. The van der Waals surface area contributed by atoms with Crippen molar-refractivity contribution in [1.82, 2.24) is 0 Å². The van der Waals surface area contributed by atoms with Gasteiger partial charge in [0.2, 0.25) is 0 Å². The highest BCUT2D eigenvalue weighted by atomic mass is 32.1. The first kappa shape index (κ1) is 38.3. The van der Waals surface area contributed by atoms with Gasteiger partial charge in [0.1, 0.15) is 17.8 Å². The van der Waals surface area contributed by atoms with Gasteiger partial charge in [-0.15, -0.1) is 0 Å². The van der Waals surface area contributed by atoms with Crippen molar-refractivity contribution in [2.24, 2.45) is 57.2 Å². The van der Waals surface area contributed by atoms with Crippen LogP contribution in [0.15, 0.2) is 35.5 Å². The van der Waals surface area contributed by atoms with Crippen LogP contribution in [0.4, 0.5) is 0 Å². The Kier molecular flexibility index (Phi) is 9.44. The SMILES string of the molecule is C[C@]12C=CC(=O)C=C1CC[C@@H]1[C@@H]2[C@@H](O)C[C@@]2(C)[C@H]1CC[C@]2(O)C(=O)CO.C[C@]12CCC(=O)C=C1CC[C@@H]1[C@@H]2[C@@H](O)C[C@@]2(C)[C@H]1CC[C@]2(O)C(=O)CS. The predicted octanol–water partition coefficient (Wildman–Crippen LogP) is 4.28. The first-order valence-electron chi connectivity index (χ1n) is 19.6. The largest absolute Gasteiger partial charge is 0.393 e. The van der Waals surface area contributed by atoms with Crippen LogP contribution < -0.4 is 0 Å². The quantitative estimate of drug-likeness (QED) is 0.231. The van der Waals surface area contributed by atoms with Crippen LogP contribution in [0.1, 0.15) is 105 Å². The maximum atomic E-state index is 12.5. The fraction of sp³-hybridized carbons (Fsp3) is 0.762. The molecule has 0 aliphatic heterocycles. The van der Waals surface area contributed by atoms with Crippen molar-refractivity contribution in [3.8, 4) is 0 Å². The fourth-order valence-electron chi connectivity index (χ4n) is 14.2. The molecule has 0 heterocycles. The molecule has 8 aliphatic carbocycles. The summed E-state index contributed by atoms with van der Waals surface area (Å²) in [6.07, 6.45) is 13.9. The highest BCUT2D eigenvalue weighted by Crippen LogP contribution is 2.69. The van der Waals surface area contributed by atoms with Crippen molar-refractivity contribution in [2.45, 2.75) is 128 Å². The van der Waals surface area contributed by atoms with E-state index in [1.807, 2.05) is 26.0 Å². The number of ketones is 4. The minimum Gasteiger partial charge on any atom is -0.393 e. The van der Waals surface area contributed by atoms with E-state index in [4.69, 9.17) is 0 Å².